The lowest BCUT2D eigenvalue weighted by atomic mass is 9.73. The summed E-state index contributed by atoms with van der Waals surface area (Å²) in [6.07, 6.45) is 13.3. The molecule has 0 bridgehead atoms. The van der Waals surface area contributed by atoms with E-state index in [0.29, 0.717) is 37.6 Å². The smallest absolute Gasteiger partial charge is 0.249 e. The minimum absolute atomic E-state index is 0.0695. The average Bonchev–Trinajstić information content (AvgIpc) is 3.39. The van der Waals surface area contributed by atoms with E-state index in [1.54, 1.807) is 9.80 Å². The molecule has 0 radical (unpaired) electrons. The van der Waals surface area contributed by atoms with Crippen molar-refractivity contribution in [1.82, 2.24) is 9.80 Å². The number of hydrogen-bond donors (Lipinski definition) is 1. The molecule has 2 aromatic carbocycles. The molecular weight excluding hydrogens is 594 g/mol. The first-order valence-corrected chi connectivity index (χ1v) is 17.3. The van der Waals surface area contributed by atoms with Gasteiger partial charge in [0, 0.05) is 24.8 Å². The highest BCUT2D eigenvalue weighted by atomic mass is 16.5. The van der Waals surface area contributed by atoms with Gasteiger partial charge in [0.15, 0.2) is 0 Å². The predicted molar refractivity (Wildman–Crippen MR) is 178 cm³/mol. The summed E-state index contributed by atoms with van der Waals surface area (Å²) in [7, 11) is 0. The summed E-state index contributed by atoms with van der Waals surface area (Å²) in [6.45, 7) is 4.81. The minimum Gasteiger partial charge on any atom is -0.494 e. The number of rotatable bonds is 8. The third-order valence-electron chi connectivity index (χ3n) is 11.1. The van der Waals surface area contributed by atoms with Crippen molar-refractivity contribution in [3.8, 4) is 5.75 Å². The SMILES string of the molecule is CCOc1ccc(N2CC=C[C@@]3(CC)O[C@]45C=CCN(C6CCCCC6)C(=O)C4N([C@H](CO)c4ccccc4)C(=O)[C@@H]5[C@H]3C2=O)cc1. The summed E-state index contributed by atoms with van der Waals surface area (Å²) in [5, 5.41) is 10.9. The van der Waals surface area contributed by atoms with Crippen LogP contribution < -0.4 is 9.64 Å². The molecule has 1 saturated carbocycles. The van der Waals surface area contributed by atoms with Gasteiger partial charge in [0.05, 0.1) is 36.7 Å². The zero-order valence-electron chi connectivity index (χ0n) is 27.3. The fourth-order valence-electron chi connectivity index (χ4n) is 8.92. The quantitative estimate of drug-likeness (QED) is 0.417. The van der Waals surface area contributed by atoms with Gasteiger partial charge in [0.2, 0.25) is 17.7 Å². The number of aliphatic hydroxyl groups is 1. The van der Waals surface area contributed by atoms with Crippen LogP contribution in [0.3, 0.4) is 0 Å². The van der Waals surface area contributed by atoms with E-state index in [4.69, 9.17) is 9.47 Å². The zero-order valence-corrected chi connectivity index (χ0v) is 27.3. The molecule has 1 unspecified atom stereocenters. The third kappa shape index (κ3) is 5.01. The van der Waals surface area contributed by atoms with Crippen LogP contribution in [0.5, 0.6) is 5.75 Å². The van der Waals surface area contributed by atoms with Crippen molar-refractivity contribution in [3.05, 3.63) is 84.5 Å². The first kappa shape index (κ1) is 31.6. The number of nitrogens with zero attached hydrogens (tertiary/aromatic N) is 3. The molecule has 1 spiro atoms. The Morgan fingerprint density at radius 1 is 0.872 bits per heavy atom. The van der Waals surface area contributed by atoms with Gasteiger partial charge in [-0.25, -0.2) is 0 Å². The maximum atomic E-state index is 15.1. The van der Waals surface area contributed by atoms with E-state index in [-0.39, 0.29) is 30.4 Å². The summed E-state index contributed by atoms with van der Waals surface area (Å²) in [6, 6.07) is 15.0. The molecular formula is C38H45N3O6. The molecule has 2 aromatic rings. The topological polar surface area (TPSA) is 99.6 Å². The lowest BCUT2D eigenvalue weighted by molar-refractivity contribution is -0.157. The Bertz CT molecular complexity index is 1550. The Labute approximate surface area is 276 Å². The first-order chi connectivity index (χ1) is 22.9. The highest BCUT2D eigenvalue weighted by Crippen LogP contribution is 2.60. The molecule has 47 heavy (non-hydrogen) atoms. The van der Waals surface area contributed by atoms with Gasteiger partial charge in [-0.05, 0) is 56.0 Å². The molecule has 4 aliphatic heterocycles. The highest BCUT2D eigenvalue weighted by Gasteiger charge is 2.76. The van der Waals surface area contributed by atoms with Crippen molar-refractivity contribution in [3.63, 3.8) is 0 Å². The second-order valence-electron chi connectivity index (χ2n) is 13.4. The molecule has 5 aliphatic rings. The van der Waals surface area contributed by atoms with Crippen molar-refractivity contribution in [2.45, 2.75) is 81.7 Å². The standard InChI is InChI=1S/C38H45N3O6/c1-3-37-21-11-23-39(28-17-19-29(20-18-28)46-4-2)34(43)31(37)32-35(44)41(30(25-42)26-13-7-5-8-14-26)33-36(45)40(27-15-9-6-10-16-27)24-12-22-38(32,33)47-37/h5,7-8,11-14,17-22,27,30-33,42H,3-4,6,9-10,15-16,23-25H2,1-2H3/t30-,31+,32+,33?,37-,38+/m1/s1. The van der Waals surface area contributed by atoms with E-state index in [1.807, 2.05) is 97.6 Å². The predicted octanol–water partition coefficient (Wildman–Crippen LogP) is 4.81. The van der Waals surface area contributed by atoms with Crippen LogP contribution in [-0.4, -0.2) is 82.2 Å². The van der Waals surface area contributed by atoms with Crippen molar-refractivity contribution in [2.24, 2.45) is 11.8 Å². The summed E-state index contributed by atoms with van der Waals surface area (Å²) in [5.74, 6) is -1.85. The Balaban J connectivity index is 1.36. The number of benzene rings is 2. The lowest BCUT2D eigenvalue weighted by Crippen LogP contribution is -2.58. The average molecular weight is 640 g/mol. The number of likely N-dealkylation sites (tertiary alicyclic amines) is 1. The number of carbonyl (C=O) groups excluding carboxylic acids is 3. The number of anilines is 1. The van der Waals surface area contributed by atoms with E-state index in [2.05, 4.69) is 0 Å². The zero-order chi connectivity index (χ0) is 32.8. The first-order valence-electron chi connectivity index (χ1n) is 17.3. The van der Waals surface area contributed by atoms with Crippen molar-refractivity contribution in [2.75, 3.05) is 31.2 Å². The van der Waals surface area contributed by atoms with E-state index in [9.17, 15) is 14.7 Å². The number of hydrogen-bond acceptors (Lipinski definition) is 6. The van der Waals surface area contributed by atoms with E-state index < -0.39 is 35.1 Å². The van der Waals surface area contributed by atoms with Gasteiger partial charge in [-0.15, -0.1) is 0 Å². The maximum absolute atomic E-state index is 15.1. The molecule has 7 rings (SSSR count). The summed E-state index contributed by atoms with van der Waals surface area (Å²) >= 11 is 0. The van der Waals surface area contributed by atoms with Crippen LogP contribution in [0.25, 0.3) is 0 Å². The number of carbonyl (C=O) groups is 3. The third-order valence-corrected chi connectivity index (χ3v) is 11.1. The van der Waals surface area contributed by atoms with Crippen molar-refractivity contribution in [1.29, 1.82) is 0 Å². The molecule has 3 fully saturated rings. The molecule has 0 aromatic heterocycles. The van der Waals surface area contributed by atoms with Gasteiger partial charge >= 0.3 is 0 Å². The summed E-state index contributed by atoms with van der Waals surface area (Å²) < 4.78 is 12.8. The largest absolute Gasteiger partial charge is 0.494 e. The molecule has 6 atom stereocenters. The van der Waals surface area contributed by atoms with Crippen LogP contribution in [-0.2, 0) is 19.1 Å². The van der Waals surface area contributed by atoms with Gasteiger partial charge < -0.3 is 29.3 Å². The number of ether oxygens (including phenoxy) is 2. The number of amides is 3. The van der Waals surface area contributed by atoms with Gasteiger partial charge in [0.25, 0.3) is 0 Å². The second kappa shape index (κ2) is 12.6. The second-order valence-corrected chi connectivity index (χ2v) is 13.4. The summed E-state index contributed by atoms with van der Waals surface area (Å²) in [5.41, 5.74) is -1.05. The number of aliphatic hydroxyl groups excluding tert-OH is 1. The van der Waals surface area contributed by atoms with Crippen LogP contribution in [0, 0.1) is 11.8 Å². The van der Waals surface area contributed by atoms with Crippen molar-refractivity contribution < 1.29 is 29.0 Å². The van der Waals surface area contributed by atoms with Crippen LogP contribution in [0.4, 0.5) is 5.69 Å². The maximum Gasteiger partial charge on any atom is 0.249 e. The molecule has 1 aliphatic carbocycles. The molecule has 1 N–H and O–H groups in total. The fraction of sp³-hybridized carbons (Fsp3) is 0.500. The van der Waals surface area contributed by atoms with Crippen LogP contribution >= 0.6 is 0 Å². The van der Waals surface area contributed by atoms with E-state index >= 15 is 4.79 Å². The van der Waals surface area contributed by atoms with Gasteiger partial charge in [0.1, 0.15) is 17.4 Å². The van der Waals surface area contributed by atoms with Gasteiger partial charge in [-0.2, -0.15) is 0 Å². The minimum atomic E-state index is -1.39. The highest BCUT2D eigenvalue weighted by molar-refractivity contribution is 6.04. The van der Waals surface area contributed by atoms with E-state index in [1.165, 1.54) is 0 Å². The van der Waals surface area contributed by atoms with Gasteiger partial charge in [-0.3, -0.25) is 14.4 Å². The molecule has 9 nitrogen and oxygen atoms in total. The molecule has 248 valence electrons. The molecule has 3 amide bonds. The Morgan fingerprint density at radius 2 is 1.60 bits per heavy atom. The molecule has 9 heteroatoms. The normalized spacial score (nSPS) is 31.3. The van der Waals surface area contributed by atoms with Crippen LogP contribution in [0.1, 0.15) is 64.0 Å². The van der Waals surface area contributed by atoms with Gasteiger partial charge in [-0.1, -0.05) is 80.8 Å². The summed E-state index contributed by atoms with van der Waals surface area (Å²) in [4.78, 5) is 50.2. The fourth-order valence-corrected chi connectivity index (χ4v) is 8.92. The van der Waals surface area contributed by atoms with Crippen LogP contribution in [0.2, 0.25) is 0 Å². The molecule has 2 saturated heterocycles. The lowest BCUT2D eigenvalue weighted by Gasteiger charge is -2.42. The van der Waals surface area contributed by atoms with E-state index in [0.717, 1.165) is 37.7 Å². The van der Waals surface area contributed by atoms with Crippen LogP contribution in [0.15, 0.2) is 78.9 Å². The number of fused-ring (bicyclic) bond motifs is 2. The Morgan fingerprint density at radius 3 is 2.28 bits per heavy atom. The van der Waals surface area contributed by atoms with Crippen molar-refractivity contribution >= 4 is 23.4 Å². The Kier molecular flexibility index (Phi) is 8.47. The molecule has 4 heterocycles. The monoisotopic (exact) mass is 639 g/mol. The Hall–Kier alpha value is -3.95.